The zero-order chi connectivity index (χ0) is 10.8. The Hall–Kier alpha value is -1.55. The van der Waals surface area contributed by atoms with Gasteiger partial charge in [0.05, 0.1) is 6.10 Å². The maximum absolute atomic E-state index is 11.0. The van der Waals surface area contributed by atoms with Crippen molar-refractivity contribution in [2.24, 2.45) is 0 Å². The topological polar surface area (TPSA) is 60.8 Å². The number of benzene rings is 1. The predicted molar refractivity (Wildman–Crippen MR) is 55.8 cm³/mol. The lowest BCUT2D eigenvalue weighted by atomic mass is 10.2. The van der Waals surface area contributed by atoms with Gasteiger partial charge in [-0.1, -0.05) is 18.2 Å². The number of aliphatic hydroxyl groups excluding tert-OH is 1. The van der Waals surface area contributed by atoms with Gasteiger partial charge in [0, 0.05) is 18.7 Å². The molecule has 1 fully saturated rings. The second kappa shape index (κ2) is 3.90. The largest absolute Gasteiger partial charge is 0.480 e. The van der Waals surface area contributed by atoms with E-state index < -0.39 is 18.1 Å². The van der Waals surface area contributed by atoms with Crippen LogP contribution in [0.5, 0.6) is 0 Å². The molecule has 0 amide bonds. The van der Waals surface area contributed by atoms with E-state index in [0.29, 0.717) is 13.0 Å². The Bertz CT molecular complexity index is 352. The molecule has 0 saturated carbocycles. The molecule has 4 nitrogen and oxygen atoms in total. The molecule has 1 heterocycles. The van der Waals surface area contributed by atoms with Gasteiger partial charge < -0.3 is 15.1 Å². The molecule has 0 aliphatic carbocycles. The van der Waals surface area contributed by atoms with Crippen LogP contribution in [-0.2, 0) is 4.79 Å². The molecule has 80 valence electrons. The summed E-state index contributed by atoms with van der Waals surface area (Å²) in [6, 6.07) is 8.70. The first-order valence-corrected chi connectivity index (χ1v) is 4.91. The fraction of sp³-hybridized carbons (Fsp3) is 0.364. The van der Waals surface area contributed by atoms with Crippen LogP contribution in [0.4, 0.5) is 5.69 Å². The van der Waals surface area contributed by atoms with Gasteiger partial charge >= 0.3 is 5.97 Å². The molecule has 1 aromatic carbocycles. The lowest BCUT2D eigenvalue weighted by Crippen LogP contribution is -2.35. The molecule has 2 atom stereocenters. The highest BCUT2D eigenvalue weighted by molar-refractivity contribution is 5.79. The first-order valence-electron chi connectivity index (χ1n) is 4.91. The van der Waals surface area contributed by atoms with Gasteiger partial charge in [0.1, 0.15) is 6.04 Å². The fourth-order valence-electron chi connectivity index (χ4n) is 1.95. The van der Waals surface area contributed by atoms with E-state index in [1.807, 2.05) is 30.3 Å². The van der Waals surface area contributed by atoms with Crippen molar-refractivity contribution in [2.45, 2.75) is 18.6 Å². The van der Waals surface area contributed by atoms with Crippen molar-refractivity contribution < 1.29 is 15.0 Å². The van der Waals surface area contributed by atoms with Crippen LogP contribution in [0, 0.1) is 0 Å². The van der Waals surface area contributed by atoms with Crippen LogP contribution in [0.15, 0.2) is 30.3 Å². The fourth-order valence-corrected chi connectivity index (χ4v) is 1.95. The number of nitrogens with zero attached hydrogens (tertiary/aromatic N) is 1. The number of hydrogen-bond acceptors (Lipinski definition) is 3. The molecule has 1 aromatic rings. The highest BCUT2D eigenvalue weighted by Gasteiger charge is 2.35. The Morgan fingerprint density at radius 1 is 1.33 bits per heavy atom. The highest BCUT2D eigenvalue weighted by atomic mass is 16.4. The second-order valence-electron chi connectivity index (χ2n) is 3.73. The molecule has 4 heteroatoms. The molecule has 2 rings (SSSR count). The van der Waals surface area contributed by atoms with Crippen LogP contribution in [0.25, 0.3) is 0 Å². The van der Waals surface area contributed by atoms with Gasteiger partial charge in [-0.25, -0.2) is 4.79 Å². The Labute approximate surface area is 87.8 Å². The summed E-state index contributed by atoms with van der Waals surface area (Å²) < 4.78 is 0. The molecular weight excluding hydrogens is 194 g/mol. The molecule has 0 aromatic heterocycles. The van der Waals surface area contributed by atoms with Crippen molar-refractivity contribution in [3.63, 3.8) is 0 Å². The van der Waals surface area contributed by atoms with E-state index in [2.05, 4.69) is 0 Å². The monoisotopic (exact) mass is 207 g/mol. The summed E-state index contributed by atoms with van der Waals surface area (Å²) >= 11 is 0. The minimum atomic E-state index is -0.879. The van der Waals surface area contributed by atoms with Crippen LogP contribution in [0.3, 0.4) is 0 Å². The Balaban J connectivity index is 2.24. The number of carboxylic acids is 1. The third kappa shape index (κ3) is 1.94. The van der Waals surface area contributed by atoms with Crippen LogP contribution in [0.2, 0.25) is 0 Å². The maximum atomic E-state index is 11.0. The predicted octanol–water partition coefficient (Wildman–Crippen LogP) is 0.711. The van der Waals surface area contributed by atoms with E-state index in [1.165, 1.54) is 0 Å². The Morgan fingerprint density at radius 3 is 2.60 bits per heavy atom. The SMILES string of the molecule is O=C(O)[C@@H]1C[C@@H](O)CN1c1ccccc1. The minimum absolute atomic E-state index is 0.296. The summed E-state index contributed by atoms with van der Waals surface area (Å²) in [5.74, 6) is -0.879. The van der Waals surface area contributed by atoms with Crippen molar-refractivity contribution in [2.75, 3.05) is 11.4 Å². The standard InChI is InChI=1S/C11H13NO3/c13-9-6-10(11(14)15)12(7-9)8-4-2-1-3-5-8/h1-5,9-10,13H,6-7H2,(H,14,15)/t9-,10+/m1/s1. The molecule has 0 spiro atoms. The Morgan fingerprint density at radius 2 is 2.00 bits per heavy atom. The minimum Gasteiger partial charge on any atom is -0.480 e. The average molecular weight is 207 g/mol. The first-order chi connectivity index (χ1) is 7.18. The first kappa shape index (κ1) is 9.98. The number of carboxylic acid groups (broad SMARTS) is 1. The summed E-state index contributed by atoms with van der Waals surface area (Å²) in [5.41, 5.74) is 0.849. The lowest BCUT2D eigenvalue weighted by molar-refractivity contribution is -0.138. The number of carbonyl (C=O) groups is 1. The number of para-hydroxylation sites is 1. The van der Waals surface area contributed by atoms with E-state index in [4.69, 9.17) is 5.11 Å². The molecule has 15 heavy (non-hydrogen) atoms. The summed E-state index contributed by atoms with van der Waals surface area (Å²) in [6.45, 7) is 0.390. The van der Waals surface area contributed by atoms with Gasteiger partial charge in [0.25, 0.3) is 0 Å². The smallest absolute Gasteiger partial charge is 0.326 e. The summed E-state index contributed by atoms with van der Waals surface area (Å²) in [6.07, 6.45) is -0.254. The Kier molecular flexibility index (Phi) is 2.60. The molecule has 0 radical (unpaired) electrons. The number of β-amino-alcohol motifs (C(OH)–C–C–N with tert-alkyl or cyclic N) is 1. The molecule has 0 bridgehead atoms. The number of hydrogen-bond donors (Lipinski definition) is 2. The zero-order valence-corrected chi connectivity index (χ0v) is 8.21. The van der Waals surface area contributed by atoms with Crippen molar-refractivity contribution in [1.29, 1.82) is 0 Å². The summed E-state index contributed by atoms with van der Waals surface area (Å²) in [4.78, 5) is 12.7. The van der Waals surface area contributed by atoms with Gasteiger partial charge in [-0.2, -0.15) is 0 Å². The van der Waals surface area contributed by atoms with Gasteiger partial charge in [0.15, 0.2) is 0 Å². The zero-order valence-electron chi connectivity index (χ0n) is 8.21. The van der Waals surface area contributed by atoms with Crippen LogP contribution >= 0.6 is 0 Å². The van der Waals surface area contributed by atoms with Crippen LogP contribution in [-0.4, -0.2) is 34.9 Å². The van der Waals surface area contributed by atoms with E-state index in [-0.39, 0.29) is 0 Å². The van der Waals surface area contributed by atoms with Crippen LogP contribution < -0.4 is 4.90 Å². The van der Waals surface area contributed by atoms with E-state index in [0.717, 1.165) is 5.69 Å². The molecule has 1 aliphatic rings. The summed E-state index contributed by atoms with van der Waals surface area (Å²) in [7, 11) is 0. The highest BCUT2D eigenvalue weighted by Crippen LogP contribution is 2.25. The lowest BCUT2D eigenvalue weighted by Gasteiger charge is -2.23. The van der Waals surface area contributed by atoms with Crippen molar-refractivity contribution in [3.05, 3.63) is 30.3 Å². The number of aliphatic hydroxyl groups is 1. The van der Waals surface area contributed by atoms with Crippen LogP contribution in [0.1, 0.15) is 6.42 Å². The number of anilines is 1. The molecular formula is C11H13NO3. The second-order valence-corrected chi connectivity index (χ2v) is 3.73. The molecule has 1 saturated heterocycles. The van der Waals surface area contributed by atoms with Gasteiger partial charge in [-0.15, -0.1) is 0 Å². The molecule has 2 N–H and O–H groups in total. The van der Waals surface area contributed by atoms with E-state index in [9.17, 15) is 9.90 Å². The maximum Gasteiger partial charge on any atom is 0.326 e. The average Bonchev–Trinajstić information content (AvgIpc) is 2.62. The van der Waals surface area contributed by atoms with Crippen molar-refractivity contribution in [3.8, 4) is 0 Å². The third-order valence-electron chi connectivity index (χ3n) is 2.65. The van der Waals surface area contributed by atoms with Gasteiger partial charge in [-0.3, -0.25) is 0 Å². The van der Waals surface area contributed by atoms with Gasteiger partial charge in [0.2, 0.25) is 0 Å². The van der Waals surface area contributed by atoms with Crippen molar-refractivity contribution >= 4 is 11.7 Å². The quantitative estimate of drug-likeness (QED) is 0.749. The van der Waals surface area contributed by atoms with E-state index >= 15 is 0 Å². The van der Waals surface area contributed by atoms with Gasteiger partial charge in [-0.05, 0) is 12.1 Å². The third-order valence-corrected chi connectivity index (χ3v) is 2.65. The molecule has 0 unspecified atom stereocenters. The summed E-state index contributed by atoms with van der Waals surface area (Å²) in [5, 5.41) is 18.5. The molecule has 1 aliphatic heterocycles. The normalized spacial score (nSPS) is 25.5. The van der Waals surface area contributed by atoms with Crippen molar-refractivity contribution in [1.82, 2.24) is 0 Å². The van der Waals surface area contributed by atoms with E-state index in [1.54, 1.807) is 4.90 Å². The number of rotatable bonds is 2. The number of aliphatic carboxylic acids is 1.